The molecule has 2 rings (SSSR count). The second-order valence-corrected chi connectivity index (χ2v) is 5.13. The summed E-state index contributed by atoms with van der Waals surface area (Å²) in [7, 11) is 0. The predicted molar refractivity (Wildman–Crippen MR) is 76.6 cm³/mol. The monoisotopic (exact) mass is 263 g/mol. The molecule has 1 aliphatic rings. The van der Waals surface area contributed by atoms with Crippen molar-refractivity contribution in [3.8, 4) is 0 Å². The number of nitro benzene ring substituents is 1. The first-order valence-electron chi connectivity index (χ1n) is 6.84. The van der Waals surface area contributed by atoms with Gasteiger partial charge in [0.2, 0.25) is 0 Å². The Bertz CT molecular complexity index is 462. The molecule has 1 saturated heterocycles. The average molecular weight is 263 g/mol. The van der Waals surface area contributed by atoms with E-state index in [1.165, 1.54) is 6.42 Å². The summed E-state index contributed by atoms with van der Waals surface area (Å²) in [6.45, 7) is 7.38. The molecular weight excluding hydrogens is 242 g/mol. The molecule has 1 fully saturated rings. The number of piperidine rings is 1. The number of hydrogen-bond donors (Lipinski definition) is 1. The molecule has 5 nitrogen and oxygen atoms in total. The number of nitrogens with one attached hydrogen (secondary N) is 1. The van der Waals surface area contributed by atoms with Gasteiger partial charge < -0.3 is 10.2 Å². The standard InChI is InChI=1S/C14H21N3O2/c1-3-16-8-4-5-12(10-16)15-14-9-13(17(18)19)7-6-11(14)2/h6-7,9,12,15H,3-5,8,10H2,1-2H3. The number of likely N-dealkylation sites (tertiary alicyclic amines) is 1. The van der Waals surface area contributed by atoms with Crippen LogP contribution in [0.1, 0.15) is 25.3 Å². The lowest BCUT2D eigenvalue weighted by Crippen LogP contribution is -2.41. The molecule has 0 spiro atoms. The number of nitro groups is 1. The van der Waals surface area contributed by atoms with E-state index in [1.807, 2.05) is 6.92 Å². The van der Waals surface area contributed by atoms with Crippen molar-refractivity contribution in [2.45, 2.75) is 32.7 Å². The molecule has 1 heterocycles. The third-order valence-corrected chi connectivity index (χ3v) is 3.74. The van der Waals surface area contributed by atoms with Crippen LogP contribution in [0, 0.1) is 17.0 Å². The van der Waals surface area contributed by atoms with Crippen molar-refractivity contribution in [2.75, 3.05) is 25.0 Å². The largest absolute Gasteiger partial charge is 0.381 e. The second kappa shape index (κ2) is 6.02. The molecule has 0 radical (unpaired) electrons. The van der Waals surface area contributed by atoms with Crippen LogP contribution < -0.4 is 5.32 Å². The van der Waals surface area contributed by atoms with Gasteiger partial charge in [-0.2, -0.15) is 0 Å². The van der Waals surface area contributed by atoms with Crippen LogP contribution >= 0.6 is 0 Å². The summed E-state index contributed by atoms with van der Waals surface area (Å²) in [6.07, 6.45) is 2.30. The van der Waals surface area contributed by atoms with Crippen LogP contribution in [0.25, 0.3) is 0 Å². The van der Waals surface area contributed by atoms with E-state index in [1.54, 1.807) is 18.2 Å². The number of aryl methyl sites for hydroxylation is 1. The van der Waals surface area contributed by atoms with Crippen molar-refractivity contribution in [3.05, 3.63) is 33.9 Å². The summed E-state index contributed by atoms with van der Waals surface area (Å²) < 4.78 is 0. The smallest absolute Gasteiger partial charge is 0.271 e. The van der Waals surface area contributed by atoms with Crippen LogP contribution in [0.4, 0.5) is 11.4 Å². The second-order valence-electron chi connectivity index (χ2n) is 5.13. The Hall–Kier alpha value is -1.62. The van der Waals surface area contributed by atoms with Crippen LogP contribution in [-0.2, 0) is 0 Å². The highest BCUT2D eigenvalue weighted by Gasteiger charge is 2.19. The van der Waals surface area contributed by atoms with E-state index >= 15 is 0 Å². The molecule has 1 aromatic carbocycles. The van der Waals surface area contributed by atoms with Crippen molar-refractivity contribution in [3.63, 3.8) is 0 Å². The molecule has 1 aromatic rings. The van der Waals surface area contributed by atoms with Crippen LogP contribution in [0.2, 0.25) is 0 Å². The van der Waals surface area contributed by atoms with Crippen molar-refractivity contribution in [2.24, 2.45) is 0 Å². The van der Waals surface area contributed by atoms with E-state index in [0.29, 0.717) is 6.04 Å². The summed E-state index contributed by atoms with van der Waals surface area (Å²) in [5.74, 6) is 0. The highest BCUT2D eigenvalue weighted by molar-refractivity contribution is 5.57. The maximum Gasteiger partial charge on any atom is 0.271 e. The van der Waals surface area contributed by atoms with Crippen LogP contribution in [-0.4, -0.2) is 35.5 Å². The van der Waals surface area contributed by atoms with E-state index in [9.17, 15) is 10.1 Å². The minimum Gasteiger partial charge on any atom is -0.381 e. The molecular formula is C14H21N3O2. The number of nitrogens with zero attached hydrogens (tertiary/aromatic N) is 2. The van der Waals surface area contributed by atoms with E-state index in [2.05, 4.69) is 17.1 Å². The maximum absolute atomic E-state index is 10.8. The molecule has 1 aliphatic heterocycles. The molecule has 0 bridgehead atoms. The maximum atomic E-state index is 10.8. The summed E-state index contributed by atoms with van der Waals surface area (Å²) >= 11 is 0. The zero-order valence-electron chi connectivity index (χ0n) is 11.6. The van der Waals surface area contributed by atoms with Crippen molar-refractivity contribution < 1.29 is 4.92 Å². The fourth-order valence-corrected chi connectivity index (χ4v) is 2.56. The third-order valence-electron chi connectivity index (χ3n) is 3.74. The normalized spacial score (nSPS) is 20.2. The summed E-state index contributed by atoms with van der Waals surface area (Å²) in [5.41, 5.74) is 2.09. The minimum atomic E-state index is -0.343. The van der Waals surface area contributed by atoms with Crippen molar-refractivity contribution in [1.82, 2.24) is 4.90 Å². The van der Waals surface area contributed by atoms with Crippen molar-refractivity contribution in [1.29, 1.82) is 0 Å². The fourth-order valence-electron chi connectivity index (χ4n) is 2.56. The third kappa shape index (κ3) is 3.44. The molecule has 1 atom stereocenters. The van der Waals surface area contributed by atoms with Crippen LogP contribution in [0.5, 0.6) is 0 Å². The van der Waals surface area contributed by atoms with E-state index in [-0.39, 0.29) is 10.6 Å². The number of rotatable bonds is 4. The van der Waals surface area contributed by atoms with E-state index in [4.69, 9.17) is 0 Å². The molecule has 1 N–H and O–H groups in total. The SMILES string of the molecule is CCN1CCCC(Nc2cc([N+](=O)[O-])ccc2C)C1. The van der Waals surface area contributed by atoms with Gasteiger partial charge >= 0.3 is 0 Å². The molecule has 104 valence electrons. The Morgan fingerprint density at radius 1 is 1.53 bits per heavy atom. The molecule has 5 heteroatoms. The molecule has 0 saturated carbocycles. The number of hydrogen-bond acceptors (Lipinski definition) is 4. The van der Waals surface area contributed by atoms with Gasteiger partial charge in [-0.3, -0.25) is 10.1 Å². The zero-order valence-corrected chi connectivity index (χ0v) is 11.6. The van der Waals surface area contributed by atoms with Gasteiger partial charge in [0, 0.05) is 30.4 Å². The highest BCUT2D eigenvalue weighted by atomic mass is 16.6. The molecule has 1 unspecified atom stereocenters. The van der Waals surface area contributed by atoms with Crippen LogP contribution in [0.3, 0.4) is 0 Å². The highest BCUT2D eigenvalue weighted by Crippen LogP contribution is 2.24. The van der Waals surface area contributed by atoms with Gasteiger partial charge in [-0.15, -0.1) is 0 Å². The van der Waals surface area contributed by atoms with E-state index in [0.717, 1.165) is 37.3 Å². The number of anilines is 1. The molecule has 0 amide bonds. The van der Waals surface area contributed by atoms with Gasteiger partial charge in [0.25, 0.3) is 5.69 Å². The van der Waals surface area contributed by atoms with Gasteiger partial charge in [-0.05, 0) is 38.4 Å². The Morgan fingerprint density at radius 3 is 3.00 bits per heavy atom. The summed E-state index contributed by atoms with van der Waals surface area (Å²) in [4.78, 5) is 12.9. The topological polar surface area (TPSA) is 58.4 Å². The Morgan fingerprint density at radius 2 is 2.32 bits per heavy atom. The Balaban J connectivity index is 2.09. The Labute approximate surface area is 113 Å². The first kappa shape index (κ1) is 13.8. The zero-order chi connectivity index (χ0) is 13.8. The summed E-state index contributed by atoms with van der Waals surface area (Å²) in [6, 6.07) is 5.38. The lowest BCUT2D eigenvalue weighted by atomic mass is 10.0. The average Bonchev–Trinajstić information content (AvgIpc) is 2.41. The number of likely N-dealkylation sites (N-methyl/N-ethyl adjacent to an activating group) is 1. The summed E-state index contributed by atoms with van der Waals surface area (Å²) in [5, 5.41) is 14.3. The van der Waals surface area contributed by atoms with Gasteiger partial charge in [0.15, 0.2) is 0 Å². The lowest BCUT2D eigenvalue weighted by molar-refractivity contribution is -0.384. The minimum absolute atomic E-state index is 0.149. The first-order chi connectivity index (χ1) is 9.10. The quantitative estimate of drug-likeness (QED) is 0.670. The van der Waals surface area contributed by atoms with E-state index < -0.39 is 0 Å². The molecule has 0 aromatic heterocycles. The fraction of sp³-hybridized carbons (Fsp3) is 0.571. The molecule has 0 aliphatic carbocycles. The number of benzene rings is 1. The van der Waals surface area contributed by atoms with Gasteiger partial charge in [0.1, 0.15) is 0 Å². The first-order valence-corrected chi connectivity index (χ1v) is 6.84. The van der Waals surface area contributed by atoms with Gasteiger partial charge in [-0.25, -0.2) is 0 Å². The Kier molecular flexibility index (Phi) is 4.37. The predicted octanol–water partition coefficient (Wildman–Crippen LogP) is 2.80. The lowest BCUT2D eigenvalue weighted by Gasteiger charge is -2.33. The van der Waals surface area contributed by atoms with Crippen LogP contribution in [0.15, 0.2) is 18.2 Å². The molecule has 19 heavy (non-hydrogen) atoms. The van der Waals surface area contributed by atoms with Gasteiger partial charge in [-0.1, -0.05) is 13.0 Å². The van der Waals surface area contributed by atoms with Gasteiger partial charge in [0.05, 0.1) is 4.92 Å². The van der Waals surface area contributed by atoms with Crippen molar-refractivity contribution >= 4 is 11.4 Å². The number of non-ortho nitro benzene ring substituents is 1.